The Kier molecular flexibility index (Phi) is 3.76. The molecule has 3 rings (SSSR count). The zero-order chi connectivity index (χ0) is 13.1. The van der Waals surface area contributed by atoms with Gasteiger partial charge in [0.05, 0.1) is 5.52 Å². The lowest BCUT2D eigenvalue weighted by atomic mass is 10.0. The maximum Gasteiger partial charge on any atom is 0.0702 e. The van der Waals surface area contributed by atoms with E-state index in [1.807, 2.05) is 12.3 Å². The Morgan fingerprint density at radius 2 is 2.21 bits per heavy atom. The predicted molar refractivity (Wildman–Crippen MR) is 76.8 cm³/mol. The molecule has 100 valence electrons. The second-order valence-electron chi connectivity index (χ2n) is 5.39. The number of hydrogen-bond acceptors (Lipinski definition) is 3. The summed E-state index contributed by atoms with van der Waals surface area (Å²) in [6, 6.07) is 10.9. The molecule has 0 amide bonds. The average Bonchev–Trinajstić information content (AvgIpc) is 2.92. The van der Waals surface area contributed by atoms with Gasteiger partial charge in [-0.25, -0.2) is 0 Å². The highest BCUT2D eigenvalue weighted by atomic mass is 16.3. The number of aromatic nitrogens is 1. The smallest absolute Gasteiger partial charge is 0.0702 e. The van der Waals surface area contributed by atoms with Crippen molar-refractivity contribution in [1.82, 2.24) is 10.3 Å². The maximum absolute atomic E-state index is 9.33. The summed E-state index contributed by atoms with van der Waals surface area (Å²) in [6.07, 6.45) is 5.38. The van der Waals surface area contributed by atoms with Crippen LogP contribution in [-0.2, 0) is 6.54 Å². The van der Waals surface area contributed by atoms with Gasteiger partial charge in [-0.2, -0.15) is 0 Å². The third kappa shape index (κ3) is 2.77. The molecule has 2 atom stereocenters. The number of fused-ring (bicyclic) bond motifs is 1. The average molecular weight is 256 g/mol. The zero-order valence-corrected chi connectivity index (χ0v) is 11.0. The van der Waals surface area contributed by atoms with E-state index in [1.165, 1.54) is 23.8 Å². The van der Waals surface area contributed by atoms with Crippen LogP contribution < -0.4 is 5.32 Å². The van der Waals surface area contributed by atoms with Crippen LogP contribution in [0.15, 0.2) is 36.5 Å². The first kappa shape index (κ1) is 12.6. The Labute approximate surface area is 113 Å². The van der Waals surface area contributed by atoms with E-state index in [-0.39, 0.29) is 0 Å². The Hall–Kier alpha value is -1.45. The van der Waals surface area contributed by atoms with E-state index in [0.717, 1.165) is 18.5 Å². The Morgan fingerprint density at radius 1 is 1.26 bits per heavy atom. The molecule has 0 radical (unpaired) electrons. The molecule has 0 aliphatic heterocycles. The van der Waals surface area contributed by atoms with Crippen LogP contribution >= 0.6 is 0 Å². The van der Waals surface area contributed by atoms with Crippen molar-refractivity contribution in [3.63, 3.8) is 0 Å². The number of aliphatic hydroxyl groups is 1. The number of pyridine rings is 1. The van der Waals surface area contributed by atoms with Gasteiger partial charge in [-0.15, -0.1) is 0 Å². The molecule has 1 saturated carbocycles. The van der Waals surface area contributed by atoms with E-state index < -0.39 is 0 Å². The lowest BCUT2D eigenvalue weighted by molar-refractivity contribution is 0.205. The molecule has 0 bridgehead atoms. The highest BCUT2D eigenvalue weighted by molar-refractivity contribution is 5.78. The molecule has 1 aliphatic carbocycles. The summed E-state index contributed by atoms with van der Waals surface area (Å²) in [5.41, 5.74) is 2.32. The van der Waals surface area contributed by atoms with Crippen molar-refractivity contribution in [3.05, 3.63) is 42.1 Å². The van der Waals surface area contributed by atoms with Crippen molar-refractivity contribution in [2.45, 2.75) is 31.8 Å². The summed E-state index contributed by atoms with van der Waals surface area (Å²) in [5, 5.41) is 14.1. The third-order valence-electron chi connectivity index (χ3n) is 4.13. The number of rotatable bonds is 4. The molecule has 2 unspecified atom stereocenters. The molecule has 3 heteroatoms. The first-order chi connectivity index (χ1) is 9.36. The standard InChI is InChI=1S/C16H20N2O/c19-11-14-3-1-5-15(14)18-10-12-6-7-16-13(9-12)4-2-8-17-16/h2,4,6-9,14-15,18-19H,1,3,5,10-11H2. The Morgan fingerprint density at radius 3 is 3.11 bits per heavy atom. The quantitative estimate of drug-likeness (QED) is 0.883. The van der Waals surface area contributed by atoms with Crippen LogP contribution in [-0.4, -0.2) is 22.7 Å². The summed E-state index contributed by atoms with van der Waals surface area (Å²) in [6.45, 7) is 1.17. The van der Waals surface area contributed by atoms with Gasteiger partial charge in [0.2, 0.25) is 0 Å². The molecule has 1 aromatic carbocycles. The van der Waals surface area contributed by atoms with E-state index in [0.29, 0.717) is 18.6 Å². The molecular formula is C16H20N2O. The molecular weight excluding hydrogens is 236 g/mol. The van der Waals surface area contributed by atoms with Crippen molar-refractivity contribution >= 4 is 10.9 Å². The minimum absolute atomic E-state index is 0.305. The van der Waals surface area contributed by atoms with Crippen molar-refractivity contribution in [2.24, 2.45) is 5.92 Å². The summed E-state index contributed by atoms with van der Waals surface area (Å²) in [4.78, 5) is 4.33. The fraction of sp³-hybridized carbons (Fsp3) is 0.438. The summed E-state index contributed by atoms with van der Waals surface area (Å²) >= 11 is 0. The summed E-state index contributed by atoms with van der Waals surface area (Å²) in [7, 11) is 0. The van der Waals surface area contributed by atoms with Gasteiger partial charge in [0.25, 0.3) is 0 Å². The number of nitrogens with one attached hydrogen (secondary N) is 1. The lowest BCUT2D eigenvalue weighted by Gasteiger charge is -2.19. The summed E-state index contributed by atoms with van der Waals surface area (Å²) in [5.74, 6) is 0.433. The minimum Gasteiger partial charge on any atom is -0.396 e. The first-order valence-corrected chi connectivity index (χ1v) is 7.05. The Balaban J connectivity index is 1.68. The van der Waals surface area contributed by atoms with Crippen molar-refractivity contribution in [3.8, 4) is 0 Å². The van der Waals surface area contributed by atoms with Gasteiger partial charge in [-0.1, -0.05) is 18.6 Å². The topological polar surface area (TPSA) is 45.1 Å². The fourth-order valence-electron chi connectivity index (χ4n) is 3.01. The van der Waals surface area contributed by atoms with Crippen molar-refractivity contribution in [2.75, 3.05) is 6.61 Å². The van der Waals surface area contributed by atoms with E-state index in [4.69, 9.17) is 0 Å². The number of benzene rings is 1. The van der Waals surface area contributed by atoms with Gasteiger partial charge in [0.1, 0.15) is 0 Å². The van der Waals surface area contributed by atoms with Gasteiger partial charge in [-0.3, -0.25) is 4.98 Å². The van der Waals surface area contributed by atoms with Crippen LogP contribution in [0.3, 0.4) is 0 Å². The SMILES string of the molecule is OCC1CCCC1NCc1ccc2ncccc2c1. The van der Waals surface area contributed by atoms with Crippen LogP contribution in [0.4, 0.5) is 0 Å². The van der Waals surface area contributed by atoms with Gasteiger partial charge in [-0.05, 0) is 42.5 Å². The van der Waals surface area contributed by atoms with E-state index in [2.05, 4.69) is 34.6 Å². The van der Waals surface area contributed by atoms with E-state index in [9.17, 15) is 5.11 Å². The zero-order valence-electron chi connectivity index (χ0n) is 11.0. The van der Waals surface area contributed by atoms with Gasteiger partial charge >= 0.3 is 0 Å². The van der Waals surface area contributed by atoms with Gasteiger partial charge in [0, 0.05) is 30.8 Å². The lowest BCUT2D eigenvalue weighted by Crippen LogP contribution is -2.33. The van der Waals surface area contributed by atoms with Crippen LogP contribution in [0.25, 0.3) is 10.9 Å². The number of aliphatic hydroxyl groups excluding tert-OH is 1. The molecule has 2 aromatic rings. The Bertz CT molecular complexity index is 555. The number of nitrogens with zero attached hydrogens (tertiary/aromatic N) is 1. The molecule has 0 saturated heterocycles. The van der Waals surface area contributed by atoms with E-state index in [1.54, 1.807) is 0 Å². The van der Waals surface area contributed by atoms with Crippen LogP contribution in [0, 0.1) is 5.92 Å². The van der Waals surface area contributed by atoms with Crippen LogP contribution in [0.1, 0.15) is 24.8 Å². The van der Waals surface area contributed by atoms with Crippen LogP contribution in [0.5, 0.6) is 0 Å². The predicted octanol–water partition coefficient (Wildman–Crippen LogP) is 2.49. The molecule has 3 nitrogen and oxygen atoms in total. The highest BCUT2D eigenvalue weighted by Gasteiger charge is 2.25. The van der Waals surface area contributed by atoms with E-state index >= 15 is 0 Å². The molecule has 1 heterocycles. The molecule has 0 spiro atoms. The fourth-order valence-corrected chi connectivity index (χ4v) is 3.01. The van der Waals surface area contributed by atoms with Gasteiger partial charge < -0.3 is 10.4 Å². The second-order valence-corrected chi connectivity index (χ2v) is 5.39. The molecule has 19 heavy (non-hydrogen) atoms. The molecule has 1 fully saturated rings. The minimum atomic E-state index is 0.305. The highest BCUT2D eigenvalue weighted by Crippen LogP contribution is 2.25. The van der Waals surface area contributed by atoms with Crippen molar-refractivity contribution in [1.29, 1.82) is 0 Å². The third-order valence-corrected chi connectivity index (χ3v) is 4.13. The molecule has 1 aromatic heterocycles. The normalized spacial score (nSPS) is 23.0. The van der Waals surface area contributed by atoms with Crippen molar-refractivity contribution < 1.29 is 5.11 Å². The maximum atomic E-state index is 9.33. The number of hydrogen-bond donors (Lipinski definition) is 2. The monoisotopic (exact) mass is 256 g/mol. The van der Waals surface area contributed by atoms with Gasteiger partial charge in [0.15, 0.2) is 0 Å². The first-order valence-electron chi connectivity index (χ1n) is 7.05. The second kappa shape index (κ2) is 5.68. The van der Waals surface area contributed by atoms with Crippen LogP contribution in [0.2, 0.25) is 0 Å². The molecule has 2 N–H and O–H groups in total. The largest absolute Gasteiger partial charge is 0.396 e. The summed E-state index contributed by atoms with van der Waals surface area (Å²) < 4.78 is 0. The molecule has 1 aliphatic rings.